The van der Waals surface area contributed by atoms with Crippen LogP contribution in [0.2, 0.25) is 0 Å². The molecule has 0 radical (unpaired) electrons. The van der Waals surface area contributed by atoms with E-state index in [2.05, 4.69) is 60.6 Å². The molecule has 0 spiro atoms. The number of nitrogens with zero attached hydrogens (tertiary/aromatic N) is 6. The maximum atomic E-state index is 12.8. The van der Waals surface area contributed by atoms with Gasteiger partial charge in [-0.05, 0) is 49.9 Å². The van der Waals surface area contributed by atoms with Crippen molar-refractivity contribution in [3.05, 3.63) is 153 Å². The van der Waals surface area contributed by atoms with Gasteiger partial charge in [0.1, 0.15) is 10.0 Å². The second-order valence-electron chi connectivity index (χ2n) is 15.0. The third kappa shape index (κ3) is 9.70. The number of nitrogens with two attached hydrogens (primary N) is 1. The van der Waals surface area contributed by atoms with Crippen LogP contribution in [0.1, 0.15) is 68.2 Å². The molecular weight excluding hydrogens is 809 g/mol. The van der Waals surface area contributed by atoms with Crippen molar-refractivity contribution in [1.29, 1.82) is 0 Å². The Balaban J connectivity index is 0.000000139. The van der Waals surface area contributed by atoms with E-state index in [0.717, 1.165) is 46.9 Å². The Morgan fingerprint density at radius 3 is 1.54 bits per heavy atom. The molecule has 61 heavy (non-hydrogen) atoms. The van der Waals surface area contributed by atoms with Crippen molar-refractivity contribution in [2.24, 2.45) is 5.73 Å². The number of carbonyl (C=O) groups is 2. The number of nitrogens with one attached hydrogen (secondary N) is 1. The molecule has 2 fully saturated rings. The molecule has 2 saturated carbocycles. The van der Waals surface area contributed by atoms with Crippen molar-refractivity contribution in [3.63, 3.8) is 0 Å². The molecule has 15 heteroatoms. The zero-order chi connectivity index (χ0) is 42.4. The lowest BCUT2D eigenvalue weighted by molar-refractivity contribution is 0.0696. The number of thiazole rings is 2. The Morgan fingerprint density at radius 1 is 0.639 bits per heavy atom. The van der Waals surface area contributed by atoms with Gasteiger partial charge < -0.3 is 25.2 Å². The van der Waals surface area contributed by atoms with Crippen LogP contribution in [-0.2, 0) is 10.8 Å². The quantitative estimate of drug-likeness (QED) is 0.112. The first-order valence-electron chi connectivity index (χ1n) is 19.7. The number of carbonyl (C=O) groups excluding carboxylic acids is 1. The van der Waals surface area contributed by atoms with E-state index < -0.39 is 5.97 Å². The van der Waals surface area contributed by atoms with E-state index in [4.69, 9.17) is 29.9 Å². The van der Waals surface area contributed by atoms with Crippen molar-refractivity contribution < 1.29 is 23.7 Å². The Morgan fingerprint density at radius 2 is 1.10 bits per heavy atom. The number of aromatic nitrogens is 6. The number of hydrogen-bond donors (Lipinski definition) is 3. The molecule has 13 nitrogen and oxygen atoms in total. The summed E-state index contributed by atoms with van der Waals surface area (Å²) in [4.78, 5) is 41.3. The van der Waals surface area contributed by atoms with Gasteiger partial charge in [-0.15, -0.1) is 22.7 Å². The van der Waals surface area contributed by atoms with Gasteiger partial charge in [0.05, 0.1) is 17.0 Å². The fourth-order valence-electron chi connectivity index (χ4n) is 6.57. The summed E-state index contributed by atoms with van der Waals surface area (Å²) < 4.78 is 9.85. The van der Waals surface area contributed by atoms with Crippen LogP contribution in [0.25, 0.3) is 45.3 Å². The number of aromatic carboxylic acids is 1. The average Bonchev–Trinajstić information content (AvgIpc) is 3.88. The number of amides is 1. The highest BCUT2D eigenvalue weighted by atomic mass is 32.1. The van der Waals surface area contributed by atoms with Gasteiger partial charge in [0.15, 0.2) is 0 Å². The number of aryl methyl sites for hydroxylation is 2. The molecule has 0 atom stereocenters. The molecule has 0 aliphatic heterocycles. The van der Waals surface area contributed by atoms with Crippen LogP contribution in [0, 0.1) is 13.8 Å². The number of rotatable bonds is 11. The van der Waals surface area contributed by atoms with E-state index in [9.17, 15) is 9.59 Å². The standard InChI is InChI=1S/C23H20N4O2S.C13H14N2S.C10H8N2O3/c1-15-25-20(27-29-15)17-8-5-9-18(12-17)21(28)24-14-23(10-11-23)22-26-19(13-30-22)16-6-3-2-4-7-16;14-9-13(6-7-13)12-15-11(8-16-12)10-4-2-1-3-5-10;1-6-11-9(12-15-6)7-3-2-4-8(5-7)10(13)14/h2-9,12-13H,10-11,14H2,1H3,(H,24,28);1-5,8H,6-7,9,14H2;2-5H,1H3,(H,13,14). The van der Waals surface area contributed by atoms with Gasteiger partial charge in [0.2, 0.25) is 23.4 Å². The highest BCUT2D eigenvalue weighted by Crippen LogP contribution is 2.50. The summed E-state index contributed by atoms with van der Waals surface area (Å²) in [6.07, 6.45) is 4.48. The molecule has 4 aromatic heterocycles. The normalized spacial score (nSPS) is 14.1. The average molecular weight is 851 g/mol. The molecule has 2 aliphatic rings. The summed E-state index contributed by atoms with van der Waals surface area (Å²) >= 11 is 3.42. The Bertz CT molecular complexity index is 2750. The lowest BCUT2D eigenvalue weighted by atomic mass is 10.1. The number of carboxylic acids is 1. The summed E-state index contributed by atoms with van der Waals surface area (Å²) in [5, 5.41) is 26.1. The second kappa shape index (κ2) is 17.9. The minimum atomic E-state index is -0.975. The summed E-state index contributed by atoms with van der Waals surface area (Å²) in [6, 6.07) is 34.2. The lowest BCUT2D eigenvalue weighted by Crippen LogP contribution is -2.32. The van der Waals surface area contributed by atoms with E-state index in [0.29, 0.717) is 41.1 Å². The minimum Gasteiger partial charge on any atom is -0.478 e. The number of hydrogen-bond acceptors (Lipinski definition) is 13. The first-order valence-corrected chi connectivity index (χ1v) is 21.5. The molecule has 4 aromatic carbocycles. The van der Waals surface area contributed by atoms with Gasteiger partial charge in [-0.1, -0.05) is 95.2 Å². The lowest BCUT2D eigenvalue weighted by Gasteiger charge is -2.13. The number of benzene rings is 4. The molecule has 2 aliphatic carbocycles. The van der Waals surface area contributed by atoms with Crippen LogP contribution < -0.4 is 11.1 Å². The maximum Gasteiger partial charge on any atom is 0.335 e. The molecule has 1 amide bonds. The van der Waals surface area contributed by atoms with E-state index in [-0.39, 0.29) is 22.3 Å². The predicted molar refractivity (Wildman–Crippen MR) is 234 cm³/mol. The zero-order valence-electron chi connectivity index (χ0n) is 33.4. The van der Waals surface area contributed by atoms with Gasteiger partial charge in [-0.3, -0.25) is 4.79 Å². The molecular formula is C46H42N8O5S2. The molecule has 10 rings (SSSR count). The third-order valence-corrected chi connectivity index (χ3v) is 12.7. The largest absolute Gasteiger partial charge is 0.478 e. The fraction of sp³-hybridized carbons (Fsp3) is 0.217. The first kappa shape index (κ1) is 41.1. The van der Waals surface area contributed by atoms with Crippen LogP contribution in [-0.4, -0.2) is 60.3 Å². The van der Waals surface area contributed by atoms with E-state index in [1.165, 1.54) is 35.5 Å². The summed E-state index contributed by atoms with van der Waals surface area (Å²) in [7, 11) is 0. The zero-order valence-corrected chi connectivity index (χ0v) is 35.1. The maximum absolute atomic E-state index is 12.8. The van der Waals surface area contributed by atoms with Gasteiger partial charge in [0, 0.05) is 76.3 Å². The predicted octanol–water partition coefficient (Wildman–Crippen LogP) is 9.17. The van der Waals surface area contributed by atoms with Crippen LogP contribution in [0.4, 0.5) is 0 Å². The molecule has 4 heterocycles. The monoisotopic (exact) mass is 850 g/mol. The summed E-state index contributed by atoms with van der Waals surface area (Å²) in [5.41, 5.74) is 12.6. The molecule has 308 valence electrons. The second-order valence-corrected chi connectivity index (χ2v) is 16.7. The molecule has 4 N–H and O–H groups in total. The van der Waals surface area contributed by atoms with Gasteiger partial charge in [-0.25, -0.2) is 14.8 Å². The Kier molecular flexibility index (Phi) is 12.0. The van der Waals surface area contributed by atoms with Crippen molar-refractivity contribution in [3.8, 4) is 45.3 Å². The van der Waals surface area contributed by atoms with Crippen molar-refractivity contribution in [2.45, 2.75) is 50.4 Å². The highest BCUT2D eigenvalue weighted by molar-refractivity contribution is 7.10. The van der Waals surface area contributed by atoms with E-state index in [1.54, 1.807) is 60.8 Å². The topological polar surface area (TPSA) is 196 Å². The van der Waals surface area contributed by atoms with Gasteiger partial charge in [-0.2, -0.15) is 9.97 Å². The van der Waals surface area contributed by atoms with Gasteiger partial charge >= 0.3 is 5.97 Å². The van der Waals surface area contributed by atoms with Crippen LogP contribution in [0.15, 0.2) is 129 Å². The van der Waals surface area contributed by atoms with E-state index >= 15 is 0 Å². The Labute approximate surface area is 359 Å². The molecule has 0 bridgehead atoms. The van der Waals surface area contributed by atoms with Crippen molar-refractivity contribution in [1.82, 2.24) is 35.6 Å². The molecule has 8 aromatic rings. The van der Waals surface area contributed by atoms with Crippen LogP contribution in [0.5, 0.6) is 0 Å². The van der Waals surface area contributed by atoms with Crippen molar-refractivity contribution >= 4 is 34.6 Å². The summed E-state index contributed by atoms with van der Waals surface area (Å²) in [6.45, 7) is 4.73. The Hall–Kier alpha value is -6.68. The fourth-order valence-corrected chi connectivity index (χ4v) is 8.76. The highest BCUT2D eigenvalue weighted by Gasteiger charge is 2.47. The van der Waals surface area contributed by atoms with Gasteiger partial charge in [0.25, 0.3) is 5.91 Å². The molecule has 0 saturated heterocycles. The van der Waals surface area contributed by atoms with Crippen LogP contribution >= 0.6 is 22.7 Å². The summed E-state index contributed by atoms with van der Waals surface area (Å²) in [5.74, 6) is 0.743. The van der Waals surface area contributed by atoms with Crippen molar-refractivity contribution in [2.75, 3.05) is 13.1 Å². The SMILES string of the molecule is Cc1nc(-c2cccc(C(=O)NCC3(c4nc(-c5ccccc5)cs4)CC3)c2)no1.Cc1nc(-c2cccc(C(=O)O)c2)no1.NCC1(c2nc(-c3ccccc3)cs2)CC1. The minimum absolute atomic E-state index is 0.0459. The third-order valence-electron chi connectivity index (χ3n) is 10.5. The first-order chi connectivity index (χ1) is 29.6. The smallest absolute Gasteiger partial charge is 0.335 e. The number of carboxylic acid groups (broad SMARTS) is 1. The molecule has 0 unspecified atom stereocenters. The van der Waals surface area contributed by atoms with E-state index in [1.807, 2.05) is 48.5 Å². The van der Waals surface area contributed by atoms with Crippen LogP contribution in [0.3, 0.4) is 0 Å².